The Hall–Kier alpha value is -0.920. The first-order valence-corrected chi connectivity index (χ1v) is 8.22. The van der Waals surface area contributed by atoms with E-state index in [1.54, 1.807) is 11.4 Å². The Kier molecular flexibility index (Phi) is 3.74. The van der Waals surface area contributed by atoms with Crippen molar-refractivity contribution in [2.24, 2.45) is 0 Å². The van der Waals surface area contributed by atoms with Gasteiger partial charge >= 0.3 is 0 Å². The van der Waals surface area contributed by atoms with Gasteiger partial charge < -0.3 is 5.73 Å². The van der Waals surface area contributed by atoms with Crippen LogP contribution in [-0.4, -0.2) is 8.42 Å². The Balaban J connectivity index is 2.43. The van der Waals surface area contributed by atoms with E-state index in [2.05, 4.69) is 15.9 Å². The van der Waals surface area contributed by atoms with E-state index in [0.29, 0.717) is 4.88 Å². The SMILES string of the molecule is Nc1ccc(F)cc1S(=O)(=O)Cc1sccc1Br. The van der Waals surface area contributed by atoms with Gasteiger partial charge in [-0.25, -0.2) is 12.8 Å². The lowest BCUT2D eigenvalue weighted by atomic mass is 10.3. The molecule has 0 atom stereocenters. The van der Waals surface area contributed by atoms with Crippen LogP contribution in [0, 0.1) is 5.82 Å². The van der Waals surface area contributed by atoms with E-state index in [9.17, 15) is 12.8 Å². The molecule has 2 aromatic rings. The minimum absolute atomic E-state index is 0.0593. The molecule has 0 unspecified atom stereocenters. The lowest BCUT2D eigenvalue weighted by Gasteiger charge is -2.07. The monoisotopic (exact) mass is 349 g/mol. The minimum Gasteiger partial charge on any atom is -0.398 e. The van der Waals surface area contributed by atoms with Crippen LogP contribution < -0.4 is 5.73 Å². The highest BCUT2D eigenvalue weighted by molar-refractivity contribution is 9.10. The first kappa shape index (κ1) is 13.5. The summed E-state index contributed by atoms with van der Waals surface area (Å²) in [6.45, 7) is 0. The molecule has 0 aliphatic rings. The number of sulfone groups is 1. The smallest absolute Gasteiger partial charge is 0.185 e. The number of anilines is 1. The topological polar surface area (TPSA) is 60.2 Å². The van der Waals surface area contributed by atoms with Gasteiger partial charge in [-0.15, -0.1) is 11.3 Å². The van der Waals surface area contributed by atoms with Crippen LogP contribution in [0.1, 0.15) is 4.88 Å². The summed E-state index contributed by atoms with van der Waals surface area (Å²) in [6, 6.07) is 5.11. The van der Waals surface area contributed by atoms with E-state index >= 15 is 0 Å². The molecule has 3 nitrogen and oxygen atoms in total. The summed E-state index contributed by atoms with van der Waals surface area (Å²) in [5.74, 6) is -0.813. The summed E-state index contributed by atoms with van der Waals surface area (Å²) in [5.41, 5.74) is 5.65. The van der Waals surface area contributed by atoms with E-state index in [4.69, 9.17) is 5.73 Å². The number of halogens is 2. The van der Waals surface area contributed by atoms with Crippen molar-refractivity contribution in [3.05, 3.63) is 44.8 Å². The average Bonchev–Trinajstić information content (AvgIpc) is 2.67. The van der Waals surface area contributed by atoms with Gasteiger partial charge in [-0.05, 0) is 45.6 Å². The van der Waals surface area contributed by atoms with Crippen LogP contribution in [0.15, 0.2) is 39.0 Å². The first-order valence-electron chi connectivity index (χ1n) is 4.90. The van der Waals surface area contributed by atoms with Crippen molar-refractivity contribution in [2.75, 3.05) is 5.73 Å². The Bertz CT molecular complexity index is 682. The van der Waals surface area contributed by atoms with Crippen molar-refractivity contribution >= 4 is 42.8 Å². The van der Waals surface area contributed by atoms with Crippen molar-refractivity contribution in [3.8, 4) is 0 Å². The van der Waals surface area contributed by atoms with Gasteiger partial charge in [-0.1, -0.05) is 0 Å². The summed E-state index contributed by atoms with van der Waals surface area (Å²) >= 11 is 4.59. The van der Waals surface area contributed by atoms with Crippen molar-refractivity contribution in [3.63, 3.8) is 0 Å². The molecule has 0 amide bonds. The molecule has 0 radical (unpaired) electrons. The fourth-order valence-corrected chi connectivity index (χ4v) is 5.03. The van der Waals surface area contributed by atoms with Crippen LogP contribution in [0.25, 0.3) is 0 Å². The van der Waals surface area contributed by atoms with Gasteiger partial charge in [0, 0.05) is 9.35 Å². The van der Waals surface area contributed by atoms with Crippen molar-refractivity contribution in [2.45, 2.75) is 10.6 Å². The molecule has 7 heteroatoms. The molecule has 0 spiro atoms. The quantitative estimate of drug-likeness (QED) is 0.865. The lowest BCUT2D eigenvalue weighted by Crippen LogP contribution is -2.08. The average molecular weight is 350 g/mol. The number of nitrogen functional groups attached to an aromatic ring is 1. The predicted molar refractivity (Wildman–Crippen MR) is 73.7 cm³/mol. The molecular weight excluding hydrogens is 341 g/mol. The number of nitrogens with two attached hydrogens (primary N) is 1. The van der Waals surface area contributed by atoms with Crippen LogP contribution in [0.5, 0.6) is 0 Å². The van der Waals surface area contributed by atoms with E-state index in [0.717, 1.165) is 16.6 Å². The van der Waals surface area contributed by atoms with Gasteiger partial charge in [0.15, 0.2) is 9.84 Å². The third-order valence-corrected chi connectivity index (χ3v) is 6.12. The van der Waals surface area contributed by atoms with Crippen molar-refractivity contribution in [1.29, 1.82) is 0 Å². The van der Waals surface area contributed by atoms with Crippen LogP contribution in [0.4, 0.5) is 10.1 Å². The summed E-state index contributed by atoms with van der Waals surface area (Å²) in [7, 11) is -3.64. The summed E-state index contributed by atoms with van der Waals surface area (Å²) in [5, 5.41) is 1.78. The van der Waals surface area contributed by atoms with Crippen molar-refractivity contribution in [1.82, 2.24) is 0 Å². The van der Waals surface area contributed by atoms with Gasteiger partial charge in [0.25, 0.3) is 0 Å². The molecule has 0 saturated heterocycles. The molecule has 0 aliphatic heterocycles. The molecule has 0 fully saturated rings. The number of benzene rings is 1. The van der Waals surface area contributed by atoms with Crippen LogP contribution >= 0.6 is 27.3 Å². The van der Waals surface area contributed by atoms with Gasteiger partial charge in [0.2, 0.25) is 0 Å². The third-order valence-electron chi connectivity index (χ3n) is 2.32. The summed E-state index contributed by atoms with van der Waals surface area (Å²) < 4.78 is 38.2. The van der Waals surface area contributed by atoms with Gasteiger partial charge in [-0.2, -0.15) is 0 Å². The molecule has 18 heavy (non-hydrogen) atoms. The highest BCUT2D eigenvalue weighted by atomic mass is 79.9. The number of hydrogen-bond acceptors (Lipinski definition) is 4. The maximum Gasteiger partial charge on any atom is 0.185 e. The molecule has 1 aromatic carbocycles. The standard InChI is InChI=1S/C11H9BrFNO2S2/c12-8-3-4-17-10(8)6-18(15,16)11-5-7(13)1-2-9(11)14/h1-5H,6,14H2. The highest BCUT2D eigenvalue weighted by Crippen LogP contribution is 2.29. The van der Waals surface area contributed by atoms with E-state index in [1.165, 1.54) is 17.4 Å². The maximum absolute atomic E-state index is 13.1. The largest absolute Gasteiger partial charge is 0.398 e. The van der Waals surface area contributed by atoms with Crippen LogP contribution in [0.2, 0.25) is 0 Å². The molecule has 0 saturated carbocycles. The zero-order valence-electron chi connectivity index (χ0n) is 9.06. The second kappa shape index (κ2) is 4.99. The molecule has 1 heterocycles. The predicted octanol–water partition coefficient (Wildman–Crippen LogP) is 3.21. The Morgan fingerprint density at radius 3 is 2.67 bits per heavy atom. The molecule has 2 N–H and O–H groups in total. The summed E-state index contributed by atoms with van der Waals surface area (Å²) in [4.78, 5) is 0.501. The van der Waals surface area contributed by atoms with E-state index < -0.39 is 15.7 Å². The Labute approximate surface area is 116 Å². The molecule has 2 rings (SSSR count). The fraction of sp³-hybridized carbons (Fsp3) is 0.0909. The molecule has 0 bridgehead atoms. The zero-order valence-corrected chi connectivity index (χ0v) is 12.3. The fourth-order valence-electron chi connectivity index (χ4n) is 1.46. The number of rotatable bonds is 3. The van der Waals surface area contributed by atoms with E-state index in [1.807, 2.05) is 0 Å². The summed E-state index contributed by atoms with van der Waals surface area (Å²) in [6.07, 6.45) is 0. The molecule has 96 valence electrons. The highest BCUT2D eigenvalue weighted by Gasteiger charge is 2.21. The number of thiophene rings is 1. The normalized spacial score (nSPS) is 11.7. The molecular formula is C11H9BrFNO2S2. The minimum atomic E-state index is -3.64. The van der Waals surface area contributed by atoms with Crippen molar-refractivity contribution < 1.29 is 12.8 Å². The second-order valence-corrected chi connectivity index (χ2v) is 7.45. The maximum atomic E-state index is 13.1. The Morgan fingerprint density at radius 2 is 2.06 bits per heavy atom. The second-order valence-electron chi connectivity index (χ2n) is 3.63. The molecule has 0 aliphatic carbocycles. The van der Waals surface area contributed by atoms with Crippen LogP contribution in [0.3, 0.4) is 0 Å². The zero-order chi connectivity index (χ0) is 13.3. The third kappa shape index (κ3) is 2.73. The Morgan fingerprint density at radius 1 is 1.33 bits per heavy atom. The first-order chi connectivity index (χ1) is 8.40. The lowest BCUT2D eigenvalue weighted by molar-refractivity contribution is 0.591. The number of hydrogen-bond donors (Lipinski definition) is 1. The van der Waals surface area contributed by atoms with E-state index in [-0.39, 0.29) is 16.3 Å². The van der Waals surface area contributed by atoms with Gasteiger partial charge in [0.05, 0.1) is 16.3 Å². The van der Waals surface area contributed by atoms with Gasteiger partial charge in [-0.3, -0.25) is 0 Å². The van der Waals surface area contributed by atoms with Crippen LogP contribution in [-0.2, 0) is 15.6 Å². The van der Waals surface area contributed by atoms with Gasteiger partial charge in [0.1, 0.15) is 5.82 Å². The molecule has 1 aromatic heterocycles.